The fourth-order valence-corrected chi connectivity index (χ4v) is 3.75. The maximum Gasteiger partial charge on any atom is 0.255 e. The zero-order chi connectivity index (χ0) is 23.4. The molecule has 33 heavy (non-hydrogen) atoms. The van der Waals surface area contributed by atoms with Gasteiger partial charge in [-0.05, 0) is 65.3 Å². The Hall–Kier alpha value is -3.45. The summed E-state index contributed by atoms with van der Waals surface area (Å²) in [7, 11) is 1.40. The van der Waals surface area contributed by atoms with Crippen LogP contribution in [0, 0.1) is 17.7 Å². The van der Waals surface area contributed by atoms with Crippen LogP contribution in [0.15, 0.2) is 54.9 Å². The lowest BCUT2D eigenvalue weighted by atomic mass is 9.99. The van der Waals surface area contributed by atoms with Crippen LogP contribution >= 0.6 is 0 Å². The van der Waals surface area contributed by atoms with Crippen LogP contribution in [0.25, 0.3) is 11.1 Å². The maximum absolute atomic E-state index is 14.0. The number of hydrogen-bond donors (Lipinski definition) is 2. The lowest BCUT2D eigenvalue weighted by molar-refractivity contribution is 0.0946. The molecule has 2 atom stereocenters. The maximum atomic E-state index is 14.0. The number of carbonyl (C=O) groups excluding carboxylic acids is 1. The molecule has 4 rings (SSSR count). The predicted octanol–water partition coefficient (Wildman–Crippen LogP) is 4.35. The van der Waals surface area contributed by atoms with Crippen LogP contribution in [-0.4, -0.2) is 29.7 Å². The Morgan fingerprint density at radius 3 is 2.70 bits per heavy atom. The number of nitrogens with one attached hydrogen (secondary N) is 1. The van der Waals surface area contributed by atoms with Crippen LogP contribution in [-0.2, 0) is 13.2 Å². The van der Waals surface area contributed by atoms with E-state index in [0.717, 1.165) is 17.5 Å². The number of pyridine rings is 1. The zero-order valence-corrected chi connectivity index (χ0v) is 18.7. The zero-order valence-electron chi connectivity index (χ0n) is 18.7. The summed E-state index contributed by atoms with van der Waals surface area (Å²) in [6.07, 6.45) is 4.40. The number of ether oxygens (including phenoxy) is 2. The van der Waals surface area contributed by atoms with E-state index in [1.54, 1.807) is 36.7 Å². The number of halogens is 1. The molecule has 2 unspecified atom stereocenters. The summed E-state index contributed by atoms with van der Waals surface area (Å²) in [6.45, 7) is 2.74. The van der Waals surface area contributed by atoms with Crippen LogP contribution in [0.3, 0.4) is 0 Å². The van der Waals surface area contributed by atoms with Gasteiger partial charge in [-0.15, -0.1) is 0 Å². The van der Waals surface area contributed by atoms with Crippen molar-refractivity contribution >= 4 is 5.91 Å². The predicted molar refractivity (Wildman–Crippen MR) is 122 cm³/mol. The van der Waals surface area contributed by atoms with Gasteiger partial charge in [-0.25, -0.2) is 4.39 Å². The average molecular weight is 451 g/mol. The van der Waals surface area contributed by atoms with Crippen molar-refractivity contribution in [2.45, 2.75) is 26.5 Å². The highest BCUT2D eigenvalue weighted by molar-refractivity contribution is 5.98. The molecule has 3 aromatic rings. The third-order valence-corrected chi connectivity index (χ3v) is 6.02. The Labute approximate surface area is 192 Å². The second-order valence-electron chi connectivity index (χ2n) is 8.34. The van der Waals surface area contributed by atoms with Crippen molar-refractivity contribution in [2.75, 3.05) is 13.7 Å². The fourth-order valence-electron chi connectivity index (χ4n) is 3.75. The summed E-state index contributed by atoms with van der Waals surface area (Å²) >= 11 is 0. The van der Waals surface area contributed by atoms with E-state index in [0.29, 0.717) is 40.9 Å². The number of aliphatic hydroxyl groups excluding tert-OH is 1. The number of aliphatic hydroxyl groups is 1. The first-order chi connectivity index (χ1) is 16.0. The minimum Gasteiger partial charge on any atom is -0.494 e. The van der Waals surface area contributed by atoms with Crippen LogP contribution in [0.4, 0.5) is 4.39 Å². The molecule has 2 aromatic carbocycles. The van der Waals surface area contributed by atoms with Gasteiger partial charge in [-0.2, -0.15) is 0 Å². The largest absolute Gasteiger partial charge is 0.494 e. The lowest BCUT2D eigenvalue weighted by Crippen LogP contribution is -2.24. The summed E-state index contributed by atoms with van der Waals surface area (Å²) in [5, 5.41) is 12.5. The number of methoxy groups -OCH3 is 1. The molecule has 0 saturated heterocycles. The summed E-state index contributed by atoms with van der Waals surface area (Å²) in [5.74, 6) is 0.962. The number of amides is 1. The summed E-state index contributed by atoms with van der Waals surface area (Å²) in [6, 6.07) is 11.7. The monoisotopic (exact) mass is 450 g/mol. The molecule has 6 nitrogen and oxygen atoms in total. The molecule has 7 heteroatoms. The van der Waals surface area contributed by atoms with E-state index in [9.17, 15) is 14.3 Å². The van der Waals surface area contributed by atoms with Crippen LogP contribution in [0.5, 0.6) is 11.5 Å². The number of nitrogens with zero attached hydrogens (tertiary/aromatic N) is 1. The van der Waals surface area contributed by atoms with Crippen molar-refractivity contribution in [1.82, 2.24) is 10.3 Å². The molecular formula is C26H27FN2O4. The van der Waals surface area contributed by atoms with E-state index in [-0.39, 0.29) is 24.8 Å². The van der Waals surface area contributed by atoms with Crippen molar-refractivity contribution in [3.05, 3.63) is 77.4 Å². The Bertz CT molecular complexity index is 1150. The molecular weight excluding hydrogens is 423 g/mol. The van der Waals surface area contributed by atoms with Crippen molar-refractivity contribution < 1.29 is 23.8 Å². The highest BCUT2D eigenvalue weighted by atomic mass is 19.1. The standard InChI is InChI=1S/C26H27FN2O4/c1-16-9-20(16)15-33-24-6-4-18(22-13-28-8-7-19(22)14-30)11-21(24)26(31)29-12-17-3-5-25(32-2)23(27)10-17/h3-8,10-11,13,16,20,30H,9,12,14-15H2,1-2H3,(H,29,31). The average Bonchev–Trinajstić information content (AvgIpc) is 3.56. The van der Waals surface area contributed by atoms with Crippen molar-refractivity contribution in [1.29, 1.82) is 0 Å². The van der Waals surface area contributed by atoms with Gasteiger partial charge in [0.1, 0.15) is 5.75 Å². The fraction of sp³-hybridized carbons (Fsp3) is 0.308. The molecule has 1 aliphatic carbocycles. The Morgan fingerprint density at radius 2 is 2.00 bits per heavy atom. The molecule has 1 heterocycles. The van der Waals surface area contributed by atoms with E-state index in [1.807, 2.05) is 6.07 Å². The summed E-state index contributed by atoms with van der Waals surface area (Å²) in [5.41, 5.74) is 3.20. The Kier molecular flexibility index (Phi) is 6.89. The van der Waals surface area contributed by atoms with E-state index in [1.165, 1.54) is 19.2 Å². The van der Waals surface area contributed by atoms with E-state index >= 15 is 0 Å². The first-order valence-electron chi connectivity index (χ1n) is 10.9. The van der Waals surface area contributed by atoms with E-state index in [2.05, 4.69) is 17.2 Å². The van der Waals surface area contributed by atoms with Crippen LogP contribution in [0.2, 0.25) is 0 Å². The number of carbonyl (C=O) groups is 1. The quantitative estimate of drug-likeness (QED) is 0.507. The third kappa shape index (κ3) is 5.31. The van der Waals surface area contributed by atoms with Gasteiger partial charge in [0, 0.05) is 24.5 Å². The molecule has 0 aliphatic heterocycles. The normalized spacial score (nSPS) is 16.8. The molecule has 1 saturated carbocycles. The number of hydrogen-bond acceptors (Lipinski definition) is 5. The Morgan fingerprint density at radius 1 is 1.21 bits per heavy atom. The van der Waals surface area contributed by atoms with Crippen LogP contribution in [0.1, 0.15) is 34.8 Å². The van der Waals surface area contributed by atoms with E-state index in [4.69, 9.17) is 9.47 Å². The first kappa shape index (κ1) is 22.7. The van der Waals surface area contributed by atoms with Gasteiger partial charge < -0.3 is 19.9 Å². The van der Waals surface area contributed by atoms with E-state index < -0.39 is 5.82 Å². The smallest absolute Gasteiger partial charge is 0.255 e. The highest BCUT2D eigenvalue weighted by Crippen LogP contribution is 2.38. The van der Waals surface area contributed by atoms with Gasteiger partial charge in [0.15, 0.2) is 11.6 Å². The second-order valence-corrected chi connectivity index (χ2v) is 8.34. The number of benzene rings is 2. The topological polar surface area (TPSA) is 80.7 Å². The molecule has 1 aromatic heterocycles. The second kappa shape index (κ2) is 10.0. The Balaban J connectivity index is 1.58. The van der Waals surface area contributed by atoms with Gasteiger partial charge >= 0.3 is 0 Å². The summed E-state index contributed by atoms with van der Waals surface area (Å²) in [4.78, 5) is 17.3. The molecule has 172 valence electrons. The molecule has 0 bridgehead atoms. The van der Waals surface area contributed by atoms with Gasteiger partial charge in [0.2, 0.25) is 0 Å². The van der Waals surface area contributed by atoms with Crippen molar-refractivity contribution in [2.24, 2.45) is 11.8 Å². The number of aromatic nitrogens is 1. The minimum absolute atomic E-state index is 0.139. The first-order valence-corrected chi connectivity index (χ1v) is 10.9. The lowest BCUT2D eigenvalue weighted by Gasteiger charge is -2.15. The minimum atomic E-state index is -0.484. The molecule has 0 spiro atoms. The number of rotatable bonds is 9. The molecule has 1 aliphatic rings. The third-order valence-electron chi connectivity index (χ3n) is 6.02. The van der Waals surface area contributed by atoms with Crippen LogP contribution < -0.4 is 14.8 Å². The van der Waals surface area contributed by atoms with Gasteiger partial charge in [0.05, 0.1) is 25.9 Å². The van der Waals surface area contributed by atoms with Gasteiger partial charge in [-0.1, -0.05) is 19.1 Å². The molecule has 0 radical (unpaired) electrons. The molecule has 2 N–H and O–H groups in total. The SMILES string of the molecule is COc1ccc(CNC(=O)c2cc(-c3cnccc3CO)ccc2OCC2CC2C)cc1F. The summed E-state index contributed by atoms with van der Waals surface area (Å²) < 4.78 is 24.9. The molecule has 1 fully saturated rings. The molecule has 1 amide bonds. The van der Waals surface area contributed by atoms with Gasteiger partial charge in [0.25, 0.3) is 5.91 Å². The van der Waals surface area contributed by atoms with Crippen molar-refractivity contribution in [3.8, 4) is 22.6 Å². The van der Waals surface area contributed by atoms with Crippen molar-refractivity contribution in [3.63, 3.8) is 0 Å². The highest BCUT2D eigenvalue weighted by Gasteiger charge is 2.33. The van der Waals surface area contributed by atoms with Gasteiger partial charge in [-0.3, -0.25) is 9.78 Å².